The van der Waals surface area contributed by atoms with Crippen molar-refractivity contribution in [2.24, 2.45) is 5.92 Å². The first-order chi connectivity index (χ1) is 11.4. The molecule has 0 aliphatic carbocycles. The molecular weight excluding hydrogens is 340 g/mol. The zero-order chi connectivity index (χ0) is 19.7. The largest absolute Gasteiger partial charge is 0.744 e. The first kappa shape index (κ1) is 23.6. The van der Waals surface area contributed by atoms with E-state index in [1.165, 1.54) is 12.1 Å². The highest BCUT2D eigenvalue weighted by molar-refractivity contribution is 7.85. The molecule has 0 fully saturated rings. The highest BCUT2D eigenvalue weighted by atomic mass is 32.2. The SMILES string of the molecule is CCC(C)C(=O)NCCC[N+](C)(C)C.Cc1ccc(S(=O)(=O)[O-])cc1. The van der Waals surface area contributed by atoms with Gasteiger partial charge in [-0.15, -0.1) is 0 Å². The molecule has 1 aromatic rings. The molecule has 0 radical (unpaired) electrons. The summed E-state index contributed by atoms with van der Waals surface area (Å²) >= 11 is 0. The topological polar surface area (TPSA) is 86.3 Å². The molecule has 0 saturated heterocycles. The maximum absolute atomic E-state index is 11.4. The predicted molar refractivity (Wildman–Crippen MR) is 99.1 cm³/mol. The van der Waals surface area contributed by atoms with Crippen molar-refractivity contribution in [3.8, 4) is 0 Å². The quantitative estimate of drug-likeness (QED) is 0.451. The lowest BCUT2D eigenvalue weighted by Crippen LogP contribution is -2.38. The van der Waals surface area contributed by atoms with E-state index < -0.39 is 10.1 Å². The number of nitrogens with one attached hydrogen (secondary N) is 1. The van der Waals surface area contributed by atoms with Gasteiger partial charge in [0.05, 0.1) is 32.6 Å². The minimum Gasteiger partial charge on any atom is -0.744 e. The van der Waals surface area contributed by atoms with Crippen molar-refractivity contribution in [3.05, 3.63) is 29.8 Å². The Morgan fingerprint density at radius 1 is 1.20 bits per heavy atom. The second-order valence-corrected chi connectivity index (χ2v) is 8.61. The van der Waals surface area contributed by atoms with Gasteiger partial charge in [0, 0.05) is 18.9 Å². The van der Waals surface area contributed by atoms with E-state index in [0.29, 0.717) is 0 Å². The van der Waals surface area contributed by atoms with Gasteiger partial charge in [0.15, 0.2) is 0 Å². The summed E-state index contributed by atoms with van der Waals surface area (Å²) in [5.74, 6) is 0.341. The number of rotatable bonds is 7. The van der Waals surface area contributed by atoms with Crippen LogP contribution in [0.4, 0.5) is 0 Å². The Morgan fingerprint density at radius 2 is 1.72 bits per heavy atom. The summed E-state index contributed by atoms with van der Waals surface area (Å²) in [7, 11) is 2.22. The molecule has 1 unspecified atom stereocenters. The molecule has 7 heteroatoms. The third-order valence-corrected chi connectivity index (χ3v) is 4.52. The van der Waals surface area contributed by atoms with Gasteiger partial charge >= 0.3 is 0 Å². The number of quaternary nitrogens is 1. The summed E-state index contributed by atoms with van der Waals surface area (Å²) in [5.41, 5.74) is 0.928. The Balaban J connectivity index is 0.000000472. The van der Waals surface area contributed by atoms with Gasteiger partial charge < -0.3 is 14.4 Å². The van der Waals surface area contributed by atoms with Gasteiger partial charge in [-0.05, 0) is 25.5 Å². The maximum Gasteiger partial charge on any atom is 0.222 e. The molecule has 0 aliphatic heterocycles. The third-order valence-electron chi connectivity index (χ3n) is 3.67. The molecule has 1 aromatic carbocycles. The Bertz CT molecular complexity index is 619. The lowest BCUT2D eigenvalue weighted by Gasteiger charge is -2.23. The van der Waals surface area contributed by atoms with Crippen LogP contribution in [0.1, 0.15) is 32.3 Å². The number of nitrogens with zero attached hydrogens (tertiary/aromatic N) is 1. The van der Waals surface area contributed by atoms with Crippen LogP contribution in [0.5, 0.6) is 0 Å². The lowest BCUT2D eigenvalue weighted by atomic mass is 10.1. The average Bonchev–Trinajstić information content (AvgIpc) is 2.49. The number of aryl methyl sites for hydroxylation is 1. The fraction of sp³-hybridized carbons (Fsp3) is 0.611. The lowest BCUT2D eigenvalue weighted by molar-refractivity contribution is -0.870. The van der Waals surface area contributed by atoms with Gasteiger partial charge in [-0.3, -0.25) is 4.79 Å². The zero-order valence-corrected chi connectivity index (χ0v) is 17.0. The fourth-order valence-corrected chi connectivity index (χ4v) is 2.30. The molecule has 0 bridgehead atoms. The molecule has 0 spiro atoms. The van der Waals surface area contributed by atoms with Gasteiger partial charge in [-0.25, -0.2) is 8.42 Å². The van der Waals surface area contributed by atoms with Crippen molar-refractivity contribution >= 4 is 16.0 Å². The summed E-state index contributed by atoms with van der Waals surface area (Å²) in [6, 6.07) is 5.78. The highest BCUT2D eigenvalue weighted by Gasteiger charge is 2.10. The van der Waals surface area contributed by atoms with E-state index in [0.717, 1.165) is 36.0 Å². The van der Waals surface area contributed by atoms with Gasteiger partial charge in [0.1, 0.15) is 10.1 Å². The Kier molecular flexibility index (Phi) is 9.92. The van der Waals surface area contributed by atoms with E-state index in [2.05, 4.69) is 26.5 Å². The number of benzene rings is 1. The molecule has 6 nitrogen and oxygen atoms in total. The number of carbonyl (C=O) groups is 1. The fourth-order valence-electron chi connectivity index (χ4n) is 1.83. The molecule has 1 N–H and O–H groups in total. The second-order valence-electron chi connectivity index (χ2n) is 7.23. The molecule has 0 aliphatic rings. The van der Waals surface area contributed by atoms with Crippen molar-refractivity contribution in [3.63, 3.8) is 0 Å². The number of hydrogen-bond acceptors (Lipinski definition) is 4. The molecule has 1 rings (SSSR count). The van der Waals surface area contributed by atoms with Crippen LogP contribution < -0.4 is 5.32 Å². The monoisotopic (exact) mass is 372 g/mol. The van der Waals surface area contributed by atoms with Gasteiger partial charge in [0.25, 0.3) is 0 Å². The third kappa shape index (κ3) is 11.7. The van der Waals surface area contributed by atoms with Crippen LogP contribution in [0.25, 0.3) is 0 Å². The summed E-state index contributed by atoms with van der Waals surface area (Å²) in [6.07, 6.45) is 1.97. The van der Waals surface area contributed by atoms with Crippen molar-refractivity contribution in [2.75, 3.05) is 34.2 Å². The second kappa shape index (κ2) is 10.5. The van der Waals surface area contributed by atoms with E-state index in [-0.39, 0.29) is 16.7 Å². The molecule has 0 heterocycles. The predicted octanol–water partition coefficient (Wildman–Crippen LogP) is 2.14. The van der Waals surface area contributed by atoms with Crippen LogP contribution in [-0.2, 0) is 14.9 Å². The normalized spacial score (nSPS) is 12.8. The van der Waals surface area contributed by atoms with Crippen LogP contribution in [0, 0.1) is 12.8 Å². The summed E-state index contributed by atoms with van der Waals surface area (Å²) < 4.78 is 32.1. The minimum atomic E-state index is -4.27. The van der Waals surface area contributed by atoms with Crippen LogP contribution >= 0.6 is 0 Å². The number of hydrogen-bond donors (Lipinski definition) is 1. The van der Waals surface area contributed by atoms with Gasteiger partial charge in [-0.2, -0.15) is 0 Å². The Labute approximate surface area is 152 Å². The van der Waals surface area contributed by atoms with E-state index in [4.69, 9.17) is 0 Å². The van der Waals surface area contributed by atoms with E-state index in [1.54, 1.807) is 12.1 Å². The molecular formula is C18H32N2O4S. The van der Waals surface area contributed by atoms with Crippen molar-refractivity contribution < 1.29 is 22.2 Å². The van der Waals surface area contributed by atoms with Crippen molar-refractivity contribution in [1.82, 2.24) is 5.32 Å². The first-order valence-corrected chi connectivity index (χ1v) is 9.88. The molecule has 144 valence electrons. The standard InChI is InChI=1S/C11H24N2O.C7H8O3S/c1-6-10(2)11(14)12-8-7-9-13(3,4)5;1-6-2-4-7(5-3-6)11(8,9)10/h10H,6-9H2,1-5H3;2-5H,1H3,(H,8,9,10). The van der Waals surface area contributed by atoms with Crippen LogP contribution in [0.2, 0.25) is 0 Å². The van der Waals surface area contributed by atoms with Gasteiger partial charge in [-0.1, -0.05) is 31.5 Å². The summed E-state index contributed by atoms with van der Waals surface area (Å²) in [6.45, 7) is 7.73. The van der Waals surface area contributed by atoms with E-state index in [1.807, 2.05) is 20.8 Å². The summed E-state index contributed by atoms with van der Waals surface area (Å²) in [4.78, 5) is 11.2. The van der Waals surface area contributed by atoms with Crippen molar-refractivity contribution in [1.29, 1.82) is 0 Å². The van der Waals surface area contributed by atoms with Crippen LogP contribution in [-0.4, -0.2) is 57.6 Å². The van der Waals surface area contributed by atoms with Crippen LogP contribution in [0.15, 0.2) is 29.2 Å². The highest BCUT2D eigenvalue weighted by Crippen LogP contribution is 2.08. The van der Waals surface area contributed by atoms with Crippen molar-refractivity contribution in [2.45, 2.75) is 38.5 Å². The van der Waals surface area contributed by atoms with Gasteiger partial charge in [0.2, 0.25) is 5.91 Å². The average molecular weight is 373 g/mol. The Morgan fingerprint density at radius 3 is 2.12 bits per heavy atom. The summed E-state index contributed by atoms with van der Waals surface area (Å²) in [5, 5.41) is 2.96. The molecule has 1 amide bonds. The molecule has 0 aromatic heterocycles. The van der Waals surface area contributed by atoms with E-state index >= 15 is 0 Å². The molecule has 1 atom stereocenters. The maximum atomic E-state index is 11.4. The Hall–Kier alpha value is -1.44. The van der Waals surface area contributed by atoms with Crippen LogP contribution in [0.3, 0.4) is 0 Å². The molecule has 25 heavy (non-hydrogen) atoms. The number of carbonyl (C=O) groups excluding carboxylic acids is 1. The number of amides is 1. The van der Waals surface area contributed by atoms with E-state index in [9.17, 15) is 17.8 Å². The molecule has 0 saturated carbocycles. The first-order valence-electron chi connectivity index (χ1n) is 8.47. The zero-order valence-electron chi connectivity index (χ0n) is 16.2. The minimum absolute atomic E-state index is 0.152. The smallest absolute Gasteiger partial charge is 0.222 e.